The van der Waals surface area contributed by atoms with Crippen molar-refractivity contribution in [1.82, 2.24) is 19.9 Å². The standard InChI is InChI=1S/C46H26N4O2/c1-2-10-28(11-3-1)44-48-45(31-18-17-27-9-4-5-12-29(27)23-31)50-46(49-44)36-20-19-34(33-14-8-16-39-41(33)35-13-6-7-15-38(35)51-39)43-42(36)37-24-30-21-22-47-26-32(30)25-40(37)52-43/h1-26H. The fourth-order valence-electron chi connectivity index (χ4n) is 7.53. The summed E-state index contributed by atoms with van der Waals surface area (Å²) in [5, 5.41) is 8.38. The van der Waals surface area contributed by atoms with E-state index in [1.165, 1.54) is 0 Å². The highest BCUT2D eigenvalue weighted by Crippen LogP contribution is 2.45. The third kappa shape index (κ3) is 4.44. The SMILES string of the molecule is c1ccc(-c2nc(-c3ccc4ccccc4c3)nc(-c3ccc(-c4cccc5oc6ccccc6c45)c4oc5cc6cnccc6cc5c34)n2)cc1. The second-order valence-electron chi connectivity index (χ2n) is 13.0. The number of para-hydroxylation sites is 1. The lowest BCUT2D eigenvalue weighted by Gasteiger charge is -2.11. The van der Waals surface area contributed by atoms with Gasteiger partial charge < -0.3 is 8.83 Å². The summed E-state index contributed by atoms with van der Waals surface area (Å²) in [6.07, 6.45) is 3.69. The van der Waals surface area contributed by atoms with Crippen LogP contribution < -0.4 is 0 Å². The number of hydrogen-bond donors (Lipinski definition) is 0. The molecule has 4 heterocycles. The van der Waals surface area contributed by atoms with Crippen LogP contribution in [0.2, 0.25) is 0 Å². The van der Waals surface area contributed by atoms with E-state index < -0.39 is 0 Å². The molecule has 0 N–H and O–H groups in total. The normalized spacial score (nSPS) is 11.8. The Morgan fingerprint density at radius 3 is 2.06 bits per heavy atom. The van der Waals surface area contributed by atoms with Crippen LogP contribution in [0, 0.1) is 0 Å². The minimum absolute atomic E-state index is 0.568. The van der Waals surface area contributed by atoms with Crippen LogP contribution in [0.25, 0.3) is 111 Å². The van der Waals surface area contributed by atoms with E-state index in [1.54, 1.807) is 0 Å². The lowest BCUT2D eigenvalue weighted by molar-refractivity contribution is 0.669. The molecule has 0 amide bonds. The third-order valence-corrected chi connectivity index (χ3v) is 9.99. The number of aromatic nitrogens is 4. The Labute approximate surface area is 296 Å². The molecule has 11 rings (SSSR count). The molecule has 6 heteroatoms. The van der Waals surface area contributed by atoms with Crippen molar-refractivity contribution < 1.29 is 8.83 Å². The first-order valence-electron chi connectivity index (χ1n) is 17.2. The van der Waals surface area contributed by atoms with Gasteiger partial charge in [0.15, 0.2) is 17.5 Å². The number of pyridine rings is 1. The highest BCUT2D eigenvalue weighted by Gasteiger charge is 2.23. The highest BCUT2D eigenvalue weighted by atomic mass is 16.3. The molecule has 0 saturated carbocycles. The molecule has 7 aromatic carbocycles. The summed E-state index contributed by atoms with van der Waals surface area (Å²) in [6, 6.07) is 49.7. The Morgan fingerprint density at radius 1 is 0.385 bits per heavy atom. The molecule has 0 aliphatic heterocycles. The van der Waals surface area contributed by atoms with Crippen molar-refractivity contribution in [3.05, 3.63) is 158 Å². The molecule has 6 nitrogen and oxygen atoms in total. The Kier molecular flexibility index (Phi) is 6.15. The molecular weight excluding hydrogens is 641 g/mol. The van der Waals surface area contributed by atoms with E-state index in [0.717, 1.165) is 93.2 Å². The number of rotatable bonds is 4. The number of benzene rings is 7. The Balaban J connectivity index is 1.23. The summed E-state index contributed by atoms with van der Waals surface area (Å²) in [6.45, 7) is 0. The summed E-state index contributed by atoms with van der Waals surface area (Å²) < 4.78 is 13.2. The first-order chi connectivity index (χ1) is 25.7. The topological polar surface area (TPSA) is 77.8 Å². The molecule has 0 aliphatic rings. The summed E-state index contributed by atoms with van der Waals surface area (Å²) in [5.74, 6) is 1.77. The lowest BCUT2D eigenvalue weighted by atomic mass is 9.94. The quantitative estimate of drug-likeness (QED) is 0.186. The zero-order valence-corrected chi connectivity index (χ0v) is 27.6. The van der Waals surface area contributed by atoms with Gasteiger partial charge >= 0.3 is 0 Å². The van der Waals surface area contributed by atoms with Gasteiger partial charge in [-0.1, -0.05) is 97.1 Å². The molecule has 0 unspecified atom stereocenters. The van der Waals surface area contributed by atoms with Crippen LogP contribution in [0.15, 0.2) is 167 Å². The van der Waals surface area contributed by atoms with Crippen molar-refractivity contribution in [2.75, 3.05) is 0 Å². The van der Waals surface area contributed by atoms with Crippen LogP contribution in [0.3, 0.4) is 0 Å². The maximum atomic E-state index is 6.89. The van der Waals surface area contributed by atoms with Gasteiger partial charge in [-0.25, -0.2) is 15.0 Å². The first-order valence-corrected chi connectivity index (χ1v) is 17.2. The Bertz CT molecular complexity index is 3200. The largest absolute Gasteiger partial charge is 0.456 e. The maximum absolute atomic E-state index is 6.89. The van der Waals surface area contributed by atoms with Crippen molar-refractivity contribution in [3.8, 4) is 45.3 Å². The predicted octanol–water partition coefficient (Wildman–Crippen LogP) is 12.0. The average molecular weight is 667 g/mol. The Morgan fingerprint density at radius 2 is 1.13 bits per heavy atom. The fourth-order valence-corrected chi connectivity index (χ4v) is 7.53. The van der Waals surface area contributed by atoms with Crippen LogP contribution >= 0.6 is 0 Å². The molecule has 0 atom stereocenters. The van der Waals surface area contributed by atoms with Crippen molar-refractivity contribution in [3.63, 3.8) is 0 Å². The molecule has 0 saturated heterocycles. The van der Waals surface area contributed by atoms with Crippen molar-refractivity contribution in [2.45, 2.75) is 0 Å². The van der Waals surface area contributed by atoms with E-state index in [-0.39, 0.29) is 0 Å². The second-order valence-corrected chi connectivity index (χ2v) is 13.0. The molecule has 0 spiro atoms. The number of nitrogens with zero attached hydrogens (tertiary/aromatic N) is 4. The number of fused-ring (bicyclic) bond motifs is 8. The molecule has 4 aromatic heterocycles. The molecule has 0 bridgehead atoms. The van der Waals surface area contributed by atoms with E-state index in [2.05, 4.69) is 83.8 Å². The summed E-state index contributed by atoms with van der Waals surface area (Å²) in [5.41, 5.74) is 7.87. The van der Waals surface area contributed by atoms with Crippen molar-refractivity contribution in [2.24, 2.45) is 0 Å². The van der Waals surface area contributed by atoms with E-state index in [9.17, 15) is 0 Å². The average Bonchev–Trinajstić information content (AvgIpc) is 3.78. The highest BCUT2D eigenvalue weighted by molar-refractivity contribution is 6.21. The first kappa shape index (κ1) is 28.6. The van der Waals surface area contributed by atoms with Crippen LogP contribution in [-0.2, 0) is 0 Å². The lowest BCUT2D eigenvalue weighted by Crippen LogP contribution is -2.00. The molecule has 0 fully saturated rings. The van der Waals surface area contributed by atoms with Gasteiger partial charge in [-0.05, 0) is 70.3 Å². The van der Waals surface area contributed by atoms with Gasteiger partial charge in [0, 0.05) is 61.6 Å². The summed E-state index contributed by atoms with van der Waals surface area (Å²) >= 11 is 0. The van der Waals surface area contributed by atoms with Crippen molar-refractivity contribution >= 4 is 65.4 Å². The summed E-state index contributed by atoms with van der Waals surface area (Å²) in [4.78, 5) is 19.8. The van der Waals surface area contributed by atoms with Crippen molar-refractivity contribution in [1.29, 1.82) is 0 Å². The van der Waals surface area contributed by atoms with E-state index in [1.807, 2.05) is 79.1 Å². The fraction of sp³-hybridized carbons (Fsp3) is 0. The van der Waals surface area contributed by atoms with Gasteiger partial charge in [0.2, 0.25) is 0 Å². The van der Waals surface area contributed by atoms with Gasteiger partial charge in [0.05, 0.1) is 0 Å². The predicted molar refractivity (Wildman–Crippen MR) is 209 cm³/mol. The minimum Gasteiger partial charge on any atom is -0.456 e. The van der Waals surface area contributed by atoms with Gasteiger partial charge in [0.1, 0.15) is 22.3 Å². The van der Waals surface area contributed by atoms with E-state index in [0.29, 0.717) is 17.5 Å². The Hall–Kier alpha value is -7.18. The van der Waals surface area contributed by atoms with Crippen LogP contribution in [0.4, 0.5) is 0 Å². The molecule has 0 aliphatic carbocycles. The van der Waals surface area contributed by atoms with Gasteiger partial charge in [-0.15, -0.1) is 0 Å². The van der Waals surface area contributed by atoms with Crippen LogP contribution in [0.5, 0.6) is 0 Å². The molecule has 52 heavy (non-hydrogen) atoms. The number of furan rings is 2. The van der Waals surface area contributed by atoms with Crippen LogP contribution in [0.1, 0.15) is 0 Å². The zero-order chi connectivity index (χ0) is 34.2. The summed E-state index contributed by atoms with van der Waals surface area (Å²) in [7, 11) is 0. The van der Waals surface area contributed by atoms with E-state index in [4.69, 9.17) is 23.8 Å². The second kappa shape index (κ2) is 11.2. The molecule has 242 valence electrons. The molecule has 11 aromatic rings. The van der Waals surface area contributed by atoms with Gasteiger partial charge in [0.25, 0.3) is 0 Å². The minimum atomic E-state index is 0.568. The zero-order valence-electron chi connectivity index (χ0n) is 27.6. The maximum Gasteiger partial charge on any atom is 0.164 e. The smallest absolute Gasteiger partial charge is 0.164 e. The van der Waals surface area contributed by atoms with Gasteiger partial charge in [-0.2, -0.15) is 0 Å². The molecule has 0 radical (unpaired) electrons. The number of hydrogen-bond acceptors (Lipinski definition) is 6. The van der Waals surface area contributed by atoms with Gasteiger partial charge in [-0.3, -0.25) is 4.98 Å². The molecular formula is C46H26N4O2. The monoisotopic (exact) mass is 666 g/mol. The third-order valence-electron chi connectivity index (χ3n) is 9.99. The van der Waals surface area contributed by atoms with Crippen LogP contribution in [-0.4, -0.2) is 19.9 Å². The van der Waals surface area contributed by atoms with E-state index >= 15 is 0 Å².